The highest BCUT2D eigenvalue weighted by Gasteiger charge is 2.25. The number of anilines is 1. The minimum atomic E-state index is -0.396. The summed E-state index contributed by atoms with van der Waals surface area (Å²) in [4.78, 5) is 38.1. The molecule has 9 nitrogen and oxygen atoms in total. The van der Waals surface area contributed by atoms with Crippen LogP contribution in [0.15, 0.2) is 29.4 Å². The van der Waals surface area contributed by atoms with Gasteiger partial charge in [0.25, 0.3) is 11.1 Å². The van der Waals surface area contributed by atoms with Gasteiger partial charge in [0.15, 0.2) is 10.8 Å². The SMILES string of the molecule is CN1CCN(c2ncc(-c3cnc4ccc(/C=C5\SC(=O)NC5=O)nn34)s2)CC1. The molecule has 2 saturated heterocycles. The summed E-state index contributed by atoms with van der Waals surface area (Å²) in [7, 11) is 2.13. The monoisotopic (exact) mass is 427 g/mol. The topological polar surface area (TPSA) is 95.7 Å². The zero-order valence-electron chi connectivity index (χ0n) is 15.5. The number of rotatable bonds is 3. The first-order chi connectivity index (χ1) is 14.1. The predicted molar refractivity (Wildman–Crippen MR) is 113 cm³/mol. The molecule has 1 N–H and O–H groups in total. The van der Waals surface area contributed by atoms with Gasteiger partial charge in [-0.15, -0.1) is 0 Å². The second-order valence-electron chi connectivity index (χ2n) is 6.82. The number of amides is 2. The third-order valence-electron chi connectivity index (χ3n) is 4.82. The molecule has 0 saturated carbocycles. The molecule has 0 unspecified atom stereocenters. The summed E-state index contributed by atoms with van der Waals surface area (Å²) in [5.74, 6) is -0.396. The number of piperazine rings is 1. The van der Waals surface area contributed by atoms with Gasteiger partial charge in [-0.2, -0.15) is 5.10 Å². The van der Waals surface area contributed by atoms with Gasteiger partial charge in [0.1, 0.15) is 5.69 Å². The Labute approximate surface area is 174 Å². The molecule has 148 valence electrons. The van der Waals surface area contributed by atoms with E-state index in [2.05, 4.69) is 37.2 Å². The van der Waals surface area contributed by atoms with Crippen molar-refractivity contribution in [3.63, 3.8) is 0 Å². The predicted octanol–water partition coefficient (Wildman–Crippen LogP) is 1.93. The van der Waals surface area contributed by atoms with E-state index < -0.39 is 5.91 Å². The average molecular weight is 428 g/mol. The summed E-state index contributed by atoms with van der Waals surface area (Å²) in [6.45, 7) is 3.98. The molecule has 0 aromatic carbocycles. The van der Waals surface area contributed by atoms with Crippen LogP contribution in [0.3, 0.4) is 0 Å². The van der Waals surface area contributed by atoms with Crippen LogP contribution in [0, 0.1) is 0 Å². The molecule has 2 aliphatic rings. The molecule has 3 aromatic rings. The molecule has 2 fully saturated rings. The Hall–Kier alpha value is -2.76. The number of aromatic nitrogens is 4. The van der Waals surface area contributed by atoms with Crippen LogP contribution in [0.4, 0.5) is 9.93 Å². The minimum absolute atomic E-state index is 0.332. The van der Waals surface area contributed by atoms with Gasteiger partial charge in [0.05, 0.1) is 21.7 Å². The fourth-order valence-electron chi connectivity index (χ4n) is 3.22. The van der Waals surface area contributed by atoms with Crippen molar-refractivity contribution >= 4 is 51.1 Å². The number of fused-ring (bicyclic) bond motifs is 1. The molecule has 0 bridgehead atoms. The van der Waals surface area contributed by atoms with E-state index in [4.69, 9.17) is 0 Å². The van der Waals surface area contributed by atoms with E-state index in [-0.39, 0.29) is 5.24 Å². The van der Waals surface area contributed by atoms with E-state index in [9.17, 15) is 9.59 Å². The van der Waals surface area contributed by atoms with Crippen LogP contribution in [0.5, 0.6) is 0 Å². The Morgan fingerprint density at radius 1 is 1.10 bits per heavy atom. The second-order valence-corrected chi connectivity index (χ2v) is 8.85. The van der Waals surface area contributed by atoms with Gasteiger partial charge in [-0.3, -0.25) is 14.9 Å². The zero-order valence-corrected chi connectivity index (χ0v) is 17.2. The van der Waals surface area contributed by atoms with Crippen LogP contribution in [-0.4, -0.2) is 68.9 Å². The highest BCUT2D eigenvalue weighted by atomic mass is 32.2. The van der Waals surface area contributed by atoms with Gasteiger partial charge in [-0.1, -0.05) is 11.3 Å². The number of carbonyl (C=O) groups is 2. The van der Waals surface area contributed by atoms with Crippen molar-refractivity contribution in [3.8, 4) is 10.6 Å². The Balaban J connectivity index is 1.46. The summed E-state index contributed by atoms with van der Waals surface area (Å²) in [5, 5.41) is 7.48. The van der Waals surface area contributed by atoms with E-state index in [1.54, 1.807) is 34.2 Å². The lowest BCUT2D eigenvalue weighted by molar-refractivity contribution is -0.115. The summed E-state index contributed by atoms with van der Waals surface area (Å²) in [6, 6.07) is 3.61. The molecular weight excluding hydrogens is 410 g/mol. The maximum atomic E-state index is 11.8. The van der Waals surface area contributed by atoms with Gasteiger partial charge in [-0.05, 0) is 37.0 Å². The second kappa shape index (κ2) is 7.25. The first kappa shape index (κ1) is 18.3. The molecule has 0 atom stereocenters. The van der Waals surface area contributed by atoms with Crippen molar-refractivity contribution < 1.29 is 9.59 Å². The molecule has 11 heteroatoms. The van der Waals surface area contributed by atoms with Crippen molar-refractivity contribution in [1.82, 2.24) is 29.8 Å². The molecule has 0 spiro atoms. The Bertz CT molecular complexity index is 1140. The lowest BCUT2D eigenvalue weighted by Gasteiger charge is -2.32. The number of imidazole rings is 1. The van der Waals surface area contributed by atoms with Crippen molar-refractivity contribution in [3.05, 3.63) is 35.1 Å². The molecular formula is C18H17N7O2S2. The van der Waals surface area contributed by atoms with Crippen LogP contribution in [-0.2, 0) is 4.79 Å². The lowest BCUT2D eigenvalue weighted by Crippen LogP contribution is -2.44. The van der Waals surface area contributed by atoms with Gasteiger partial charge in [0, 0.05) is 32.4 Å². The van der Waals surface area contributed by atoms with Gasteiger partial charge >= 0.3 is 0 Å². The maximum absolute atomic E-state index is 11.8. The van der Waals surface area contributed by atoms with Gasteiger partial charge < -0.3 is 9.80 Å². The Morgan fingerprint density at radius 3 is 2.69 bits per heavy atom. The number of hydrogen-bond donors (Lipinski definition) is 1. The van der Waals surface area contributed by atoms with Crippen LogP contribution in [0.2, 0.25) is 0 Å². The lowest BCUT2D eigenvalue weighted by atomic mass is 10.3. The summed E-state index contributed by atoms with van der Waals surface area (Å²) in [5.41, 5.74) is 2.13. The molecule has 5 heterocycles. The average Bonchev–Trinajstić information content (AvgIpc) is 3.41. The van der Waals surface area contributed by atoms with Gasteiger partial charge in [-0.25, -0.2) is 14.5 Å². The van der Waals surface area contributed by atoms with Crippen LogP contribution in [0.25, 0.3) is 22.3 Å². The third kappa shape index (κ3) is 3.52. The van der Waals surface area contributed by atoms with Crippen molar-refractivity contribution in [2.45, 2.75) is 0 Å². The number of hydrogen-bond acceptors (Lipinski definition) is 9. The Kier molecular flexibility index (Phi) is 4.57. The summed E-state index contributed by atoms with van der Waals surface area (Å²) < 4.78 is 1.74. The summed E-state index contributed by atoms with van der Waals surface area (Å²) in [6.07, 6.45) is 5.24. The Morgan fingerprint density at radius 2 is 1.93 bits per heavy atom. The van der Waals surface area contributed by atoms with Crippen molar-refractivity contribution in [1.29, 1.82) is 0 Å². The standard InChI is InChI=1S/C18H17N7O2S2/c1-23-4-6-24(7-5-23)17-20-10-14(28-17)12-9-19-15-3-2-11(22-25(12)15)8-13-16(26)21-18(27)29-13/h2-3,8-10H,4-7H2,1H3,(H,21,26,27)/b13-8-. The number of carbonyl (C=O) groups excluding carboxylic acids is 2. The van der Waals surface area contributed by atoms with Crippen LogP contribution in [0.1, 0.15) is 5.69 Å². The number of nitrogens with one attached hydrogen (secondary N) is 1. The number of nitrogens with zero attached hydrogens (tertiary/aromatic N) is 6. The normalized spacial score (nSPS) is 19.5. The van der Waals surface area contributed by atoms with Crippen LogP contribution < -0.4 is 10.2 Å². The fourth-order valence-corrected chi connectivity index (χ4v) is 4.84. The number of likely N-dealkylation sites (N-methyl/N-ethyl adjacent to an activating group) is 1. The number of thioether (sulfide) groups is 1. The minimum Gasteiger partial charge on any atom is -0.346 e. The number of thiazole rings is 1. The van der Waals surface area contributed by atoms with E-state index in [0.29, 0.717) is 16.2 Å². The third-order valence-corrected chi connectivity index (χ3v) is 6.71. The highest BCUT2D eigenvalue weighted by Crippen LogP contribution is 2.32. The first-order valence-corrected chi connectivity index (χ1v) is 10.7. The van der Waals surface area contributed by atoms with Crippen molar-refractivity contribution in [2.24, 2.45) is 0 Å². The smallest absolute Gasteiger partial charge is 0.290 e. The molecule has 29 heavy (non-hydrogen) atoms. The number of imide groups is 1. The molecule has 0 radical (unpaired) electrons. The fraction of sp³-hybridized carbons (Fsp3) is 0.278. The molecule has 0 aliphatic carbocycles. The highest BCUT2D eigenvalue weighted by molar-refractivity contribution is 8.18. The van der Waals surface area contributed by atoms with E-state index >= 15 is 0 Å². The van der Waals surface area contributed by atoms with Gasteiger partial charge in [0.2, 0.25) is 0 Å². The van der Waals surface area contributed by atoms with E-state index in [1.807, 2.05) is 12.3 Å². The quantitative estimate of drug-likeness (QED) is 0.634. The van der Waals surface area contributed by atoms with Crippen LogP contribution >= 0.6 is 23.1 Å². The van der Waals surface area contributed by atoms with E-state index in [0.717, 1.165) is 53.6 Å². The molecule has 2 amide bonds. The first-order valence-electron chi connectivity index (χ1n) is 9.06. The summed E-state index contributed by atoms with van der Waals surface area (Å²) >= 11 is 2.50. The van der Waals surface area contributed by atoms with Crippen molar-refractivity contribution in [2.75, 3.05) is 38.1 Å². The molecule has 2 aliphatic heterocycles. The van der Waals surface area contributed by atoms with E-state index in [1.165, 1.54) is 0 Å². The molecule has 5 rings (SSSR count). The largest absolute Gasteiger partial charge is 0.346 e. The maximum Gasteiger partial charge on any atom is 0.290 e. The molecule has 3 aromatic heterocycles. The zero-order chi connectivity index (χ0) is 20.0.